The van der Waals surface area contributed by atoms with Crippen LogP contribution < -0.4 is 10.2 Å². The molecular weight excluding hydrogens is 296 g/mol. The van der Waals surface area contributed by atoms with Crippen LogP contribution in [0.15, 0.2) is 24.3 Å². The smallest absolute Gasteiger partial charge is 0.0631 e. The molecule has 3 heteroatoms. The maximum atomic E-state index is 5.95. The minimum absolute atomic E-state index is 0.0184. The molecule has 0 saturated carbocycles. The Bertz CT molecular complexity index is 507. The second-order valence-electron chi connectivity index (χ2n) is 8.54. The van der Waals surface area contributed by atoms with Gasteiger partial charge in [0.05, 0.1) is 5.60 Å². The minimum atomic E-state index is 0.0184. The maximum absolute atomic E-state index is 5.95. The Balaban J connectivity index is 1.85. The van der Waals surface area contributed by atoms with E-state index in [1.165, 1.54) is 24.1 Å². The first kappa shape index (κ1) is 19.3. The van der Waals surface area contributed by atoms with Gasteiger partial charge in [0.2, 0.25) is 0 Å². The third kappa shape index (κ3) is 4.97. The van der Waals surface area contributed by atoms with E-state index in [0.717, 1.165) is 26.1 Å². The molecule has 1 aromatic carbocycles. The average molecular weight is 333 g/mol. The summed E-state index contributed by atoms with van der Waals surface area (Å²) in [4.78, 5) is 2.14. The topological polar surface area (TPSA) is 24.5 Å². The normalized spacial score (nSPS) is 23.5. The van der Waals surface area contributed by atoms with Gasteiger partial charge < -0.3 is 15.0 Å². The van der Waals surface area contributed by atoms with Gasteiger partial charge in [0.15, 0.2) is 0 Å². The van der Waals surface area contributed by atoms with E-state index in [-0.39, 0.29) is 5.60 Å². The minimum Gasteiger partial charge on any atom is -0.378 e. The van der Waals surface area contributed by atoms with Gasteiger partial charge in [-0.15, -0.1) is 0 Å². The van der Waals surface area contributed by atoms with Crippen LogP contribution in [0.3, 0.4) is 0 Å². The molecule has 1 aromatic rings. The van der Waals surface area contributed by atoms with Crippen LogP contribution in [0.4, 0.5) is 5.69 Å². The highest BCUT2D eigenvalue weighted by atomic mass is 16.5. The van der Waals surface area contributed by atoms with E-state index in [2.05, 4.69) is 76.3 Å². The quantitative estimate of drug-likeness (QED) is 0.746. The Kier molecular flexibility index (Phi) is 6.33. The van der Waals surface area contributed by atoms with Crippen LogP contribution in [-0.4, -0.2) is 32.8 Å². The molecule has 0 bridgehead atoms. The highest BCUT2D eigenvalue weighted by Gasteiger charge is 2.42. The summed E-state index contributed by atoms with van der Waals surface area (Å²) >= 11 is 0. The second-order valence-corrected chi connectivity index (χ2v) is 8.54. The van der Waals surface area contributed by atoms with Crippen molar-refractivity contribution < 1.29 is 4.74 Å². The summed E-state index contributed by atoms with van der Waals surface area (Å²) in [6.45, 7) is 12.2. The van der Waals surface area contributed by atoms with Gasteiger partial charge in [-0.1, -0.05) is 26.0 Å². The lowest BCUT2D eigenvalue weighted by Crippen LogP contribution is -2.45. The number of ether oxygens (including phenoxy) is 1. The van der Waals surface area contributed by atoms with E-state index in [0.29, 0.717) is 11.3 Å². The lowest BCUT2D eigenvalue weighted by molar-refractivity contribution is -0.121. The van der Waals surface area contributed by atoms with E-state index < -0.39 is 0 Å². The van der Waals surface area contributed by atoms with Crippen molar-refractivity contribution in [3.05, 3.63) is 29.8 Å². The van der Waals surface area contributed by atoms with Crippen LogP contribution in [0.1, 0.15) is 52.5 Å². The fraction of sp³-hybridized carbons (Fsp3) is 0.714. The number of benzene rings is 1. The molecule has 0 aromatic heterocycles. The first-order chi connectivity index (χ1) is 11.2. The largest absolute Gasteiger partial charge is 0.378 e. The number of nitrogens with zero attached hydrogens (tertiary/aromatic N) is 1. The summed E-state index contributed by atoms with van der Waals surface area (Å²) in [6.07, 6.45) is 3.58. The summed E-state index contributed by atoms with van der Waals surface area (Å²) in [5, 5.41) is 3.65. The summed E-state index contributed by atoms with van der Waals surface area (Å²) < 4.78 is 5.95. The summed E-state index contributed by atoms with van der Waals surface area (Å²) in [5.41, 5.74) is 3.03. The van der Waals surface area contributed by atoms with Crippen molar-refractivity contribution in [3.8, 4) is 0 Å². The Morgan fingerprint density at radius 2 is 1.83 bits per heavy atom. The van der Waals surface area contributed by atoms with Crippen molar-refractivity contribution in [1.29, 1.82) is 0 Å². The van der Waals surface area contributed by atoms with Crippen LogP contribution in [0, 0.1) is 11.3 Å². The fourth-order valence-electron chi connectivity index (χ4n) is 3.99. The molecule has 0 radical (unpaired) electrons. The SMILES string of the molecule is CC(C)[C@@]1(CCNCc2ccc(N(C)C)cc2)CCOC(C)(C)C1. The first-order valence-corrected chi connectivity index (χ1v) is 9.35. The van der Waals surface area contributed by atoms with Crippen LogP contribution in [0.2, 0.25) is 0 Å². The van der Waals surface area contributed by atoms with Gasteiger partial charge in [-0.3, -0.25) is 0 Å². The van der Waals surface area contributed by atoms with Crippen molar-refractivity contribution in [2.45, 2.75) is 59.1 Å². The first-order valence-electron chi connectivity index (χ1n) is 9.35. The molecular formula is C21H36N2O. The van der Waals surface area contributed by atoms with Crippen molar-refractivity contribution in [1.82, 2.24) is 5.32 Å². The zero-order valence-corrected chi connectivity index (χ0v) is 16.5. The molecule has 24 heavy (non-hydrogen) atoms. The molecule has 1 heterocycles. The predicted octanol–water partition coefficient (Wildman–Crippen LogP) is 4.46. The molecule has 0 amide bonds. The molecule has 0 aliphatic carbocycles. The Morgan fingerprint density at radius 3 is 2.38 bits per heavy atom. The molecule has 1 aliphatic rings. The van der Waals surface area contributed by atoms with Crippen LogP contribution in [-0.2, 0) is 11.3 Å². The number of hydrogen-bond donors (Lipinski definition) is 1. The number of nitrogens with one attached hydrogen (secondary N) is 1. The van der Waals surface area contributed by atoms with Crippen molar-refractivity contribution in [3.63, 3.8) is 0 Å². The Hall–Kier alpha value is -1.06. The zero-order valence-electron chi connectivity index (χ0n) is 16.5. The Morgan fingerprint density at radius 1 is 1.17 bits per heavy atom. The van der Waals surface area contributed by atoms with E-state index >= 15 is 0 Å². The predicted molar refractivity (Wildman–Crippen MR) is 104 cm³/mol. The number of anilines is 1. The summed E-state index contributed by atoms with van der Waals surface area (Å²) in [5.74, 6) is 0.696. The zero-order chi connectivity index (χ0) is 17.8. The molecule has 1 aliphatic heterocycles. The molecule has 1 saturated heterocycles. The van der Waals surface area contributed by atoms with Gasteiger partial charge in [0.25, 0.3) is 0 Å². The molecule has 0 spiro atoms. The van der Waals surface area contributed by atoms with Crippen LogP contribution >= 0.6 is 0 Å². The fourth-order valence-corrected chi connectivity index (χ4v) is 3.99. The van der Waals surface area contributed by atoms with Gasteiger partial charge >= 0.3 is 0 Å². The molecule has 1 fully saturated rings. The van der Waals surface area contributed by atoms with Crippen molar-refractivity contribution in [2.24, 2.45) is 11.3 Å². The maximum Gasteiger partial charge on any atom is 0.0631 e. The number of rotatable bonds is 7. The molecule has 3 nitrogen and oxygen atoms in total. The molecule has 136 valence electrons. The van der Waals surface area contributed by atoms with Gasteiger partial charge in [0.1, 0.15) is 0 Å². The number of hydrogen-bond acceptors (Lipinski definition) is 3. The summed E-state index contributed by atoms with van der Waals surface area (Å²) in [7, 11) is 4.15. The summed E-state index contributed by atoms with van der Waals surface area (Å²) in [6, 6.07) is 8.82. The van der Waals surface area contributed by atoms with Crippen molar-refractivity contribution in [2.75, 3.05) is 32.1 Å². The average Bonchev–Trinajstić information content (AvgIpc) is 2.51. The van der Waals surface area contributed by atoms with Crippen LogP contribution in [0.25, 0.3) is 0 Å². The highest BCUT2D eigenvalue weighted by Crippen LogP contribution is 2.46. The third-order valence-corrected chi connectivity index (χ3v) is 5.68. The van der Waals surface area contributed by atoms with Gasteiger partial charge in [-0.2, -0.15) is 0 Å². The van der Waals surface area contributed by atoms with Crippen LogP contribution in [0.5, 0.6) is 0 Å². The highest BCUT2D eigenvalue weighted by molar-refractivity contribution is 5.45. The lowest BCUT2D eigenvalue weighted by Gasteiger charge is -2.48. The van der Waals surface area contributed by atoms with E-state index in [1.54, 1.807) is 0 Å². The monoisotopic (exact) mass is 332 g/mol. The second kappa shape index (κ2) is 7.88. The Labute approximate surface area is 148 Å². The standard InChI is InChI=1S/C21H36N2O/c1-17(2)21(12-14-24-20(3,4)16-21)11-13-22-15-18-7-9-19(10-8-18)23(5)6/h7-10,17,22H,11-16H2,1-6H3/t21-/m0/s1. The van der Waals surface area contributed by atoms with E-state index in [9.17, 15) is 0 Å². The van der Waals surface area contributed by atoms with Gasteiger partial charge in [-0.25, -0.2) is 0 Å². The third-order valence-electron chi connectivity index (χ3n) is 5.68. The van der Waals surface area contributed by atoms with Crippen molar-refractivity contribution >= 4 is 5.69 Å². The van der Waals surface area contributed by atoms with E-state index in [1.807, 2.05) is 0 Å². The molecule has 0 unspecified atom stereocenters. The molecule has 2 rings (SSSR count). The molecule has 1 atom stereocenters. The lowest BCUT2D eigenvalue weighted by atomic mass is 9.65. The van der Waals surface area contributed by atoms with Gasteiger partial charge in [-0.05, 0) is 68.7 Å². The van der Waals surface area contributed by atoms with Gasteiger partial charge in [0, 0.05) is 32.9 Å². The van der Waals surface area contributed by atoms with E-state index in [4.69, 9.17) is 4.74 Å². The molecule has 1 N–H and O–H groups in total.